The van der Waals surface area contributed by atoms with E-state index < -0.39 is 53.9 Å². The molecule has 0 aromatic heterocycles. The van der Waals surface area contributed by atoms with Crippen molar-refractivity contribution in [1.29, 1.82) is 0 Å². The van der Waals surface area contributed by atoms with Crippen molar-refractivity contribution in [3.8, 4) is 0 Å². The SMILES string of the molecule is CCS[C@H]1O[C@H](C(=O)N2C(=O)OC[C@H]2Cc2ccccc2)[C@H](OC(C)=O)[C@H](OCc2ccccc2)[C@H]1OCc1ccccc1. The smallest absolute Gasteiger partial charge is 0.417 e. The second-order valence-electron chi connectivity index (χ2n) is 10.6. The maximum absolute atomic E-state index is 14.3. The number of cyclic esters (lactones) is 1. The van der Waals surface area contributed by atoms with Crippen molar-refractivity contribution in [3.05, 3.63) is 108 Å². The van der Waals surface area contributed by atoms with Gasteiger partial charge in [0.1, 0.15) is 24.3 Å². The van der Waals surface area contributed by atoms with Crippen molar-refractivity contribution >= 4 is 29.7 Å². The Morgan fingerprint density at radius 2 is 1.36 bits per heavy atom. The number of carbonyl (C=O) groups excluding carboxylic acids is 3. The first-order valence-electron chi connectivity index (χ1n) is 14.7. The number of nitrogens with zero attached hydrogens (tertiary/aromatic N) is 1. The fraction of sp³-hybridized carbons (Fsp3) is 0.382. The molecule has 6 atom stereocenters. The maximum Gasteiger partial charge on any atom is 0.417 e. The van der Waals surface area contributed by atoms with E-state index in [4.69, 9.17) is 23.7 Å². The summed E-state index contributed by atoms with van der Waals surface area (Å²) in [7, 11) is 0. The van der Waals surface area contributed by atoms with Crippen LogP contribution >= 0.6 is 11.8 Å². The van der Waals surface area contributed by atoms with Gasteiger partial charge in [0.15, 0.2) is 12.2 Å². The predicted molar refractivity (Wildman–Crippen MR) is 165 cm³/mol. The van der Waals surface area contributed by atoms with Crippen molar-refractivity contribution in [2.24, 2.45) is 0 Å². The number of hydrogen-bond donors (Lipinski definition) is 0. The molecule has 5 rings (SSSR count). The molecule has 0 N–H and O–H groups in total. The molecule has 0 aliphatic carbocycles. The van der Waals surface area contributed by atoms with Crippen LogP contribution in [0.15, 0.2) is 91.0 Å². The van der Waals surface area contributed by atoms with Gasteiger partial charge in [0.2, 0.25) is 0 Å². The van der Waals surface area contributed by atoms with Crippen LogP contribution in [0.1, 0.15) is 30.5 Å². The van der Waals surface area contributed by atoms with Crippen molar-refractivity contribution < 1.29 is 38.1 Å². The van der Waals surface area contributed by atoms with Gasteiger partial charge < -0.3 is 23.7 Å². The molecule has 2 amide bonds. The monoisotopic (exact) mass is 619 g/mol. The Bertz CT molecular complexity index is 1380. The Morgan fingerprint density at radius 1 is 0.818 bits per heavy atom. The van der Waals surface area contributed by atoms with Gasteiger partial charge in [0, 0.05) is 6.92 Å². The maximum atomic E-state index is 14.3. The van der Waals surface area contributed by atoms with Gasteiger partial charge in [-0.15, -0.1) is 11.8 Å². The topological polar surface area (TPSA) is 101 Å². The van der Waals surface area contributed by atoms with E-state index in [2.05, 4.69) is 0 Å². The zero-order valence-electron chi connectivity index (χ0n) is 24.8. The number of benzene rings is 3. The normalized spacial score (nSPS) is 25.0. The second kappa shape index (κ2) is 15.3. The summed E-state index contributed by atoms with van der Waals surface area (Å²) in [6.45, 7) is 3.73. The minimum Gasteiger partial charge on any atom is -0.456 e. The van der Waals surface area contributed by atoms with Crippen LogP contribution in [0, 0.1) is 0 Å². The highest BCUT2D eigenvalue weighted by Crippen LogP contribution is 2.36. The van der Waals surface area contributed by atoms with E-state index in [-0.39, 0.29) is 19.8 Å². The fourth-order valence-corrected chi connectivity index (χ4v) is 6.38. The molecular formula is C34H37NO8S. The molecular weight excluding hydrogens is 582 g/mol. The second-order valence-corrected chi connectivity index (χ2v) is 12.0. The third-order valence-corrected chi connectivity index (χ3v) is 8.50. The number of ether oxygens (including phenoxy) is 5. The molecule has 232 valence electrons. The van der Waals surface area contributed by atoms with E-state index in [0.717, 1.165) is 21.6 Å². The molecule has 0 saturated carbocycles. The molecule has 2 heterocycles. The van der Waals surface area contributed by atoms with Gasteiger partial charge in [-0.2, -0.15) is 0 Å². The summed E-state index contributed by atoms with van der Waals surface area (Å²) in [6, 6.07) is 28.3. The number of esters is 1. The van der Waals surface area contributed by atoms with Crippen LogP contribution in [0.5, 0.6) is 0 Å². The molecule has 9 nitrogen and oxygen atoms in total. The number of thioether (sulfide) groups is 1. The average Bonchev–Trinajstić information content (AvgIpc) is 3.40. The molecule has 44 heavy (non-hydrogen) atoms. The van der Waals surface area contributed by atoms with Crippen LogP contribution in [0.25, 0.3) is 0 Å². The molecule has 10 heteroatoms. The average molecular weight is 620 g/mol. The molecule has 2 aliphatic heterocycles. The number of carbonyl (C=O) groups is 3. The Kier molecular flexibility index (Phi) is 11.1. The molecule has 2 aliphatic rings. The Balaban J connectivity index is 1.47. The Labute approximate surface area is 261 Å². The van der Waals surface area contributed by atoms with E-state index in [1.807, 2.05) is 97.9 Å². The Morgan fingerprint density at radius 3 is 1.91 bits per heavy atom. The summed E-state index contributed by atoms with van der Waals surface area (Å²) in [5.74, 6) is -0.600. The van der Waals surface area contributed by atoms with Gasteiger partial charge >= 0.3 is 12.1 Å². The summed E-state index contributed by atoms with van der Waals surface area (Å²) in [4.78, 5) is 40.8. The number of amides is 2. The highest BCUT2D eigenvalue weighted by Gasteiger charge is 2.55. The first-order chi connectivity index (χ1) is 21.4. The summed E-state index contributed by atoms with van der Waals surface area (Å²) in [6.07, 6.45) is -4.46. The summed E-state index contributed by atoms with van der Waals surface area (Å²) in [5.41, 5.74) is 2.14. The van der Waals surface area contributed by atoms with Gasteiger partial charge in [-0.25, -0.2) is 9.69 Å². The largest absolute Gasteiger partial charge is 0.456 e. The van der Waals surface area contributed by atoms with Crippen LogP contribution in [-0.2, 0) is 52.9 Å². The number of hydrogen-bond acceptors (Lipinski definition) is 9. The van der Waals surface area contributed by atoms with E-state index in [1.165, 1.54) is 18.7 Å². The van der Waals surface area contributed by atoms with Gasteiger partial charge in [-0.3, -0.25) is 9.59 Å². The highest BCUT2D eigenvalue weighted by molar-refractivity contribution is 7.99. The summed E-state index contributed by atoms with van der Waals surface area (Å²) >= 11 is 1.46. The van der Waals surface area contributed by atoms with E-state index in [1.54, 1.807) is 0 Å². The first-order valence-corrected chi connectivity index (χ1v) is 15.8. The minimum absolute atomic E-state index is 0.0499. The summed E-state index contributed by atoms with van der Waals surface area (Å²) in [5, 5.41) is 0. The molecule has 0 spiro atoms. The lowest BCUT2D eigenvalue weighted by Crippen LogP contribution is -2.64. The van der Waals surface area contributed by atoms with Crippen molar-refractivity contribution in [2.75, 3.05) is 12.4 Å². The molecule has 0 radical (unpaired) electrons. The molecule has 2 fully saturated rings. The quantitative estimate of drug-likeness (QED) is 0.255. The van der Waals surface area contributed by atoms with Crippen molar-refractivity contribution in [3.63, 3.8) is 0 Å². The molecule has 3 aromatic carbocycles. The molecule has 2 saturated heterocycles. The lowest BCUT2D eigenvalue weighted by Gasteiger charge is -2.45. The minimum atomic E-state index is -1.33. The van der Waals surface area contributed by atoms with Crippen LogP contribution in [-0.4, -0.2) is 71.1 Å². The van der Waals surface area contributed by atoms with Gasteiger partial charge in [0.05, 0.1) is 19.3 Å². The lowest BCUT2D eigenvalue weighted by atomic mass is 9.96. The zero-order valence-corrected chi connectivity index (χ0v) is 25.6. The third-order valence-electron chi connectivity index (χ3n) is 7.45. The molecule has 0 unspecified atom stereocenters. The zero-order chi connectivity index (χ0) is 30.9. The van der Waals surface area contributed by atoms with Gasteiger partial charge in [-0.1, -0.05) is 97.9 Å². The molecule has 3 aromatic rings. The standard InChI is InChI=1S/C34H37NO8S/c1-3-44-33-31(40-21-26-17-11-6-12-18-26)28(39-20-25-15-9-5-10-16-25)29(42-23(2)36)30(43-33)32(37)35-27(22-41-34(35)38)19-24-13-7-4-8-14-24/h4-18,27-31,33H,3,19-22H2,1-2H3/t27-,28+,29-,30+,31-,33-/m1/s1. The first kappa shape index (κ1) is 31.7. The molecule has 0 bridgehead atoms. The van der Waals surface area contributed by atoms with E-state index in [0.29, 0.717) is 12.2 Å². The van der Waals surface area contributed by atoms with E-state index >= 15 is 0 Å². The lowest BCUT2D eigenvalue weighted by molar-refractivity contribution is -0.239. The van der Waals surface area contributed by atoms with Gasteiger partial charge in [0.25, 0.3) is 5.91 Å². The highest BCUT2D eigenvalue weighted by atomic mass is 32.2. The van der Waals surface area contributed by atoms with Gasteiger partial charge in [-0.05, 0) is 28.9 Å². The predicted octanol–water partition coefficient (Wildman–Crippen LogP) is 5.16. The van der Waals surface area contributed by atoms with Crippen molar-refractivity contribution in [2.45, 2.75) is 69.4 Å². The van der Waals surface area contributed by atoms with Crippen LogP contribution in [0.2, 0.25) is 0 Å². The number of imide groups is 1. The Hall–Kier alpha value is -3.70. The van der Waals surface area contributed by atoms with Crippen LogP contribution in [0.4, 0.5) is 4.79 Å². The number of rotatable bonds is 12. The van der Waals surface area contributed by atoms with Crippen LogP contribution in [0.3, 0.4) is 0 Å². The fourth-order valence-electron chi connectivity index (χ4n) is 5.43. The van der Waals surface area contributed by atoms with Crippen molar-refractivity contribution in [1.82, 2.24) is 4.90 Å². The third kappa shape index (κ3) is 7.87. The van der Waals surface area contributed by atoms with Crippen LogP contribution < -0.4 is 0 Å². The van der Waals surface area contributed by atoms with E-state index in [9.17, 15) is 14.4 Å². The summed E-state index contributed by atoms with van der Waals surface area (Å²) < 4.78 is 30.5.